The van der Waals surface area contributed by atoms with E-state index in [1.807, 2.05) is 86.6 Å². The Morgan fingerprint density at radius 3 is 2.12 bits per heavy atom. The summed E-state index contributed by atoms with van der Waals surface area (Å²) in [6.07, 6.45) is 1.77. The zero-order valence-corrected chi connectivity index (χ0v) is 24.7. The zero-order valence-electron chi connectivity index (χ0n) is 23.9. The Kier molecular flexibility index (Phi) is 8.31. The zero-order chi connectivity index (χ0) is 30.0. The van der Waals surface area contributed by atoms with Crippen molar-refractivity contribution in [3.8, 4) is 0 Å². The predicted octanol–water partition coefficient (Wildman–Crippen LogP) is 5.57. The summed E-state index contributed by atoms with van der Waals surface area (Å²) in [6, 6.07) is 24.0. The molecule has 42 heavy (non-hydrogen) atoms. The van der Waals surface area contributed by atoms with Gasteiger partial charge < -0.3 is 4.90 Å². The first kappa shape index (κ1) is 28.9. The second-order valence-corrected chi connectivity index (χ2v) is 11.6. The Morgan fingerprint density at radius 1 is 0.905 bits per heavy atom. The third-order valence-corrected chi connectivity index (χ3v) is 8.28. The standard InChI is InChI=1S/C33H32N4O4S/c1-21(2)30-33(41)37(28(20-35(30)22(3)38)25-15-9-6-10-16-25)36(23(4)39)27(19-24-13-7-5-8-14-24)31(40)32-34-26-17-11-12-18-29(26)42-32/h5-18,20-21,27,30H,19H2,1-4H3/t27-,30?/m0/s1. The summed E-state index contributed by atoms with van der Waals surface area (Å²) in [6.45, 7) is 6.46. The molecule has 0 bridgehead atoms. The Bertz CT molecular complexity index is 1630. The van der Waals surface area contributed by atoms with Crippen LogP contribution in [0.1, 0.15) is 48.6 Å². The van der Waals surface area contributed by atoms with Crippen molar-refractivity contribution in [1.29, 1.82) is 0 Å². The van der Waals surface area contributed by atoms with Crippen LogP contribution in [-0.2, 0) is 20.8 Å². The minimum absolute atomic E-state index is 0.157. The van der Waals surface area contributed by atoms with Crippen LogP contribution in [0.3, 0.4) is 0 Å². The molecule has 1 aromatic heterocycles. The number of hydrogen-bond donors (Lipinski definition) is 0. The molecule has 0 N–H and O–H groups in total. The average molecular weight is 581 g/mol. The highest BCUT2D eigenvalue weighted by Gasteiger charge is 2.46. The van der Waals surface area contributed by atoms with Gasteiger partial charge in [-0.3, -0.25) is 19.2 Å². The molecular weight excluding hydrogens is 548 g/mol. The highest BCUT2D eigenvalue weighted by atomic mass is 32.1. The molecule has 8 nitrogen and oxygen atoms in total. The first-order valence-corrected chi connectivity index (χ1v) is 14.6. The number of ketones is 1. The van der Waals surface area contributed by atoms with E-state index in [2.05, 4.69) is 4.98 Å². The molecule has 1 aliphatic heterocycles. The van der Waals surface area contributed by atoms with Gasteiger partial charge in [-0.1, -0.05) is 86.6 Å². The molecule has 1 unspecified atom stereocenters. The van der Waals surface area contributed by atoms with Gasteiger partial charge in [0.15, 0.2) is 5.01 Å². The fourth-order valence-corrected chi connectivity index (χ4v) is 6.25. The lowest BCUT2D eigenvalue weighted by Gasteiger charge is -2.46. The smallest absolute Gasteiger partial charge is 0.269 e. The number of hydrogen-bond acceptors (Lipinski definition) is 6. The third kappa shape index (κ3) is 5.60. The maximum atomic E-state index is 14.4. The van der Waals surface area contributed by atoms with Gasteiger partial charge in [-0.25, -0.2) is 15.0 Å². The highest BCUT2D eigenvalue weighted by Crippen LogP contribution is 2.34. The second kappa shape index (κ2) is 12.1. The van der Waals surface area contributed by atoms with Crippen molar-refractivity contribution in [3.63, 3.8) is 0 Å². The van der Waals surface area contributed by atoms with Crippen LogP contribution in [-0.4, -0.2) is 55.5 Å². The fourth-order valence-electron chi connectivity index (χ4n) is 5.30. The van der Waals surface area contributed by atoms with E-state index in [-0.39, 0.29) is 29.0 Å². The molecule has 0 aliphatic carbocycles. The lowest BCUT2D eigenvalue weighted by molar-refractivity contribution is -0.164. The summed E-state index contributed by atoms with van der Waals surface area (Å²) >= 11 is 1.26. The van der Waals surface area contributed by atoms with Crippen LogP contribution in [0, 0.1) is 5.92 Å². The lowest BCUT2D eigenvalue weighted by atomic mass is 9.97. The normalized spacial score (nSPS) is 16.0. The van der Waals surface area contributed by atoms with Crippen molar-refractivity contribution >= 4 is 50.8 Å². The largest absolute Gasteiger partial charge is 0.304 e. The molecule has 0 saturated carbocycles. The summed E-state index contributed by atoms with van der Waals surface area (Å²) in [7, 11) is 0. The van der Waals surface area contributed by atoms with E-state index >= 15 is 0 Å². The van der Waals surface area contributed by atoms with Gasteiger partial charge in [0.2, 0.25) is 17.6 Å². The number of Topliss-reactive ketones (excluding diaryl/α,β-unsaturated/α-hetero) is 1. The van der Waals surface area contributed by atoms with Gasteiger partial charge in [0, 0.05) is 32.0 Å². The molecule has 9 heteroatoms. The lowest BCUT2D eigenvalue weighted by Crippen LogP contribution is -2.63. The van der Waals surface area contributed by atoms with Crippen LogP contribution >= 0.6 is 11.3 Å². The van der Waals surface area contributed by atoms with Crippen LogP contribution in [0.25, 0.3) is 15.9 Å². The van der Waals surface area contributed by atoms with Gasteiger partial charge in [-0.15, -0.1) is 11.3 Å². The molecule has 2 heterocycles. The van der Waals surface area contributed by atoms with Gasteiger partial charge in [0.1, 0.15) is 12.1 Å². The van der Waals surface area contributed by atoms with E-state index in [9.17, 15) is 19.2 Å². The molecule has 2 atom stereocenters. The number of aromatic nitrogens is 1. The minimum atomic E-state index is -1.08. The van der Waals surface area contributed by atoms with E-state index in [1.54, 1.807) is 18.3 Å². The summed E-state index contributed by atoms with van der Waals surface area (Å²) in [5.74, 6) is -1.88. The van der Waals surface area contributed by atoms with Crippen LogP contribution < -0.4 is 0 Å². The number of carbonyl (C=O) groups excluding carboxylic acids is 4. The molecule has 3 aromatic carbocycles. The van der Waals surface area contributed by atoms with Crippen molar-refractivity contribution in [1.82, 2.24) is 19.9 Å². The number of carbonyl (C=O) groups is 4. The first-order chi connectivity index (χ1) is 20.2. The number of amides is 3. The number of rotatable bonds is 8. The quantitative estimate of drug-likeness (QED) is 0.254. The van der Waals surface area contributed by atoms with Gasteiger partial charge >= 0.3 is 0 Å². The molecule has 0 spiro atoms. The van der Waals surface area contributed by atoms with E-state index in [1.165, 1.54) is 40.1 Å². The fraction of sp³-hybridized carbons (Fsp3) is 0.242. The van der Waals surface area contributed by atoms with Gasteiger partial charge in [-0.2, -0.15) is 0 Å². The molecule has 214 valence electrons. The first-order valence-electron chi connectivity index (χ1n) is 13.8. The molecule has 5 rings (SSSR count). The summed E-state index contributed by atoms with van der Waals surface area (Å²) in [5.41, 5.74) is 2.47. The second-order valence-electron chi connectivity index (χ2n) is 10.6. The maximum Gasteiger partial charge on any atom is 0.269 e. The van der Waals surface area contributed by atoms with Gasteiger partial charge in [0.25, 0.3) is 5.91 Å². The molecule has 3 amide bonds. The number of nitrogens with zero attached hydrogens (tertiary/aromatic N) is 4. The average Bonchev–Trinajstić information content (AvgIpc) is 3.42. The van der Waals surface area contributed by atoms with Crippen LogP contribution in [0.4, 0.5) is 0 Å². The summed E-state index contributed by atoms with van der Waals surface area (Å²) < 4.78 is 0.851. The van der Waals surface area contributed by atoms with Crippen molar-refractivity contribution in [2.45, 2.75) is 46.2 Å². The summed E-state index contributed by atoms with van der Waals surface area (Å²) in [5, 5.41) is 2.82. The van der Waals surface area contributed by atoms with E-state index in [0.717, 1.165) is 10.3 Å². The molecular formula is C33H32N4O4S. The van der Waals surface area contributed by atoms with Crippen LogP contribution in [0.5, 0.6) is 0 Å². The third-order valence-electron chi connectivity index (χ3n) is 7.23. The Balaban J connectivity index is 1.70. The molecule has 4 aromatic rings. The Morgan fingerprint density at radius 2 is 1.52 bits per heavy atom. The van der Waals surface area contributed by atoms with Crippen molar-refractivity contribution in [2.75, 3.05) is 0 Å². The van der Waals surface area contributed by atoms with Crippen molar-refractivity contribution in [3.05, 3.63) is 107 Å². The molecule has 0 saturated heterocycles. The van der Waals surface area contributed by atoms with Gasteiger partial charge in [-0.05, 0) is 23.6 Å². The number of benzene rings is 3. The van der Waals surface area contributed by atoms with E-state index in [4.69, 9.17) is 0 Å². The van der Waals surface area contributed by atoms with Crippen LogP contribution in [0.2, 0.25) is 0 Å². The minimum Gasteiger partial charge on any atom is -0.304 e. The van der Waals surface area contributed by atoms with E-state index in [0.29, 0.717) is 16.8 Å². The number of thiazole rings is 1. The van der Waals surface area contributed by atoms with E-state index < -0.39 is 23.9 Å². The SMILES string of the molecule is CC(=O)N1C=C(c2ccccc2)N(N(C(C)=O)[C@@H](Cc2ccccc2)C(=O)c2nc3ccccc3s2)C(=O)C1C(C)C. The Labute approximate surface area is 248 Å². The van der Waals surface area contributed by atoms with Crippen molar-refractivity contribution in [2.24, 2.45) is 5.92 Å². The number of para-hydroxylation sites is 1. The molecule has 1 aliphatic rings. The topological polar surface area (TPSA) is 90.9 Å². The number of hydrazine groups is 1. The maximum absolute atomic E-state index is 14.4. The summed E-state index contributed by atoms with van der Waals surface area (Å²) in [4.78, 5) is 61.3. The predicted molar refractivity (Wildman–Crippen MR) is 163 cm³/mol. The number of fused-ring (bicyclic) bond motifs is 1. The molecule has 0 fully saturated rings. The van der Waals surface area contributed by atoms with Crippen molar-refractivity contribution < 1.29 is 19.2 Å². The van der Waals surface area contributed by atoms with Crippen LogP contribution in [0.15, 0.2) is 91.1 Å². The van der Waals surface area contributed by atoms with Gasteiger partial charge in [0.05, 0.1) is 15.9 Å². The molecule has 0 radical (unpaired) electrons. The monoisotopic (exact) mass is 580 g/mol. The highest BCUT2D eigenvalue weighted by molar-refractivity contribution is 7.20. The Hall–Kier alpha value is -4.63.